The number of fused-ring (bicyclic) bond motifs is 2. The highest BCUT2D eigenvalue weighted by Gasteiger charge is 2.39. The summed E-state index contributed by atoms with van der Waals surface area (Å²) in [5.41, 5.74) is 1.65. The molecule has 0 bridgehead atoms. The molecule has 0 radical (unpaired) electrons. The van der Waals surface area contributed by atoms with Crippen LogP contribution in [-0.4, -0.2) is 61.2 Å². The highest BCUT2D eigenvalue weighted by molar-refractivity contribution is 5.99. The summed E-state index contributed by atoms with van der Waals surface area (Å²) in [4.78, 5) is 39.3. The van der Waals surface area contributed by atoms with Crippen LogP contribution in [0.1, 0.15) is 36.5 Å². The Labute approximate surface area is 198 Å². The van der Waals surface area contributed by atoms with Gasteiger partial charge in [0.2, 0.25) is 5.91 Å². The predicted molar refractivity (Wildman–Crippen MR) is 128 cm³/mol. The summed E-state index contributed by atoms with van der Waals surface area (Å²) >= 11 is 0. The molecule has 2 heterocycles. The number of rotatable bonds is 5. The van der Waals surface area contributed by atoms with Crippen LogP contribution in [0.5, 0.6) is 5.75 Å². The standard InChI is InChI=1S/C25H30N4O5/c1-3-26-25(32)28-17-9-12-21-19(13-17)24(31)29(2)20-11-10-18(34-22(20)15-33-21)14-23(30)27-16-7-5-4-6-8-16/h4-9,12-13,18,20,22H,3,10-11,14-15H2,1-2H3,(H,27,30)(H2,26,28,32)/t18-,20+,22+/m0/s1. The van der Waals surface area contributed by atoms with Crippen LogP contribution in [0.2, 0.25) is 0 Å². The van der Waals surface area contributed by atoms with Crippen LogP contribution >= 0.6 is 0 Å². The number of nitrogens with one attached hydrogen (secondary N) is 3. The van der Waals surface area contributed by atoms with Gasteiger partial charge in [0.1, 0.15) is 18.5 Å². The molecule has 9 nitrogen and oxygen atoms in total. The highest BCUT2D eigenvalue weighted by Crippen LogP contribution is 2.32. The first-order valence-electron chi connectivity index (χ1n) is 11.5. The Morgan fingerprint density at radius 1 is 1.06 bits per heavy atom. The van der Waals surface area contributed by atoms with Crippen LogP contribution in [0.3, 0.4) is 0 Å². The monoisotopic (exact) mass is 466 g/mol. The lowest BCUT2D eigenvalue weighted by molar-refractivity contribution is -0.130. The minimum atomic E-state index is -0.349. The maximum absolute atomic E-state index is 13.3. The summed E-state index contributed by atoms with van der Waals surface area (Å²) < 4.78 is 12.2. The van der Waals surface area contributed by atoms with Crippen molar-refractivity contribution in [3.05, 3.63) is 54.1 Å². The van der Waals surface area contributed by atoms with Crippen LogP contribution in [0.15, 0.2) is 48.5 Å². The number of amides is 4. The maximum Gasteiger partial charge on any atom is 0.319 e. The molecule has 4 rings (SSSR count). The number of hydrogen-bond donors (Lipinski definition) is 3. The van der Waals surface area contributed by atoms with Gasteiger partial charge in [-0.15, -0.1) is 0 Å². The first kappa shape index (κ1) is 23.6. The number of hydrogen-bond acceptors (Lipinski definition) is 5. The van der Waals surface area contributed by atoms with Crippen LogP contribution in [-0.2, 0) is 9.53 Å². The van der Waals surface area contributed by atoms with Gasteiger partial charge in [-0.2, -0.15) is 0 Å². The van der Waals surface area contributed by atoms with Crippen molar-refractivity contribution < 1.29 is 23.9 Å². The number of likely N-dealkylation sites (N-methyl/N-ethyl adjacent to an activating group) is 1. The Morgan fingerprint density at radius 3 is 2.62 bits per heavy atom. The van der Waals surface area contributed by atoms with E-state index in [1.165, 1.54) is 0 Å². The van der Waals surface area contributed by atoms with Crippen molar-refractivity contribution in [1.29, 1.82) is 0 Å². The second-order valence-electron chi connectivity index (χ2n) is 8.48. The molecule has 2 aliphatic heterocycles. The topological polar surface area (TPSA) is 109 Å². The van der Waals surface area contributed by atoms with E-state index in [1.807, 2.05) is 37.3 Å². The first-order valence-corrected chi connectivity index (χ1v) is 11.5. The number of ether oxygens (including phenoxy) is 2. The average molecular weight is 467 g/mol. The van der Waals surface area contributed by atoms with Crippen molar-refractivity contribution in [3.8, 4) is 5.75 Å². The van der Waals surface area contributed by atoms with E-state index in [9.17, 15) is 14.4 Å². The number of nitrogens with zero attached hydrogens (tertiary/aromatic N) is 1. The fraction of sp³-hybridized carbons (Fsp3) is 0.400. The summed E-state index contributed by atoms with van der Waals surface area (Å²) in [6.45, 7) is 2.59. The predicted octanol–water partition coefficient (Wildman–Crippen LogP) is 3.24. The second-order valence-corrected chi connectivity index (χ2v) is 8.48. The molecule has 0 unspecified atom stereocenters. The molecule has 1 saturated heterocycles. The van der Waals surface area contributed by atoms with E-state index >= 15 is 0 Å². The molecule has 180 valence electrons. The van der Waals surface area contributed by atoms with Crippen LogP contribution in [0, 0.1) is 0 Å². The zero-order valence-corrected chi connectivity index (χ0v) is 19.4. The lowest BCUT2D eigenvalue weighted by Crippen LogP contribution is -2.53. The summed E-state index contributed by atoms with van der Waals surface area (Å²) in [7, 11) is 1.75. The zero-order valence-electron chi connectivity index (χ0n) is 19.4. The smallest absolute Gasteiger partial charge is 0.319 e. The number of anilines is 2. The molecule has 34 heavy (non-hydrogen) atoms. The van der Waals surface area contributed by atoms with E-state index in [4.69, 9.17) is 9.47 Å². The molecule has 0 spiro atoms. The van der Waals surface area contributed by atoms with E-state index in [-0.39, 0.29) is 49.1 Å². The van der Waals surface area contributed by atoms with E-state index in [1.54, 1.807) is 30.1 Å². The van der Waals surface area contributed by atoms with Crippen LogP contribution in [0.25, 0.3) is 0 Å². The molecule has 4 amide bonds. The molecule has 0 aromatic heterocycles. The maximum atomic E-state index is 13.3. The molecule has 1 fully saturated rings. The van der Waals surface area contributed by atoms with Crippen molar-refractivity contribution in [2.75, 3.05) is 30.8 Å². The quantitative estimate of drug-likeness (QED) is 0.627. The Morgan fingerprint density at radius 2 is 1.85 bits per heavy atom. The minimum absolute atomic E-state index is 0.108. The molecule has 3 N–H and O–H groups in total. The Bertz CT molecular complexity index is 1040. The van der Waals surface area contributed by atoms with E-state index in [0.717, 1.165) is 5.69 Å². The van der Waals surface area contributed by atoms with Gasteiger partial charge in [0.15, 0.2) is 0 Å². The van der Waals surface area contributed by atoms with Gasteiger partial charge >= 0.3 is 6.03 Å². The molecule has 0 aliphatic carbocycles. The Balaban J connectivity index is 1.42. The third-order valence-corrected chi connectivity index (χ3v) is 6.08. The first-order chi connectivity index (χ1) is 16.4. The SMILES string of the molecule is CCNC(=O)Nc1ccc2c(c1)C(=O)N(C)[C@@H]1CC[C@@H](CC(=O)Nc3ccccc3)O[C@@H]1CO2. The van der Waals surface area contributed by atoms with Crippen molar-refractivity contribution in [2.45, 2.75) is 44.4 Å². The Hall–Kier alpha value is -3.59. The van der Waals surface area contributed by atoms with Gasteiger partial charge in [-0.25, -0.2) is 4.79 Å². The molecule has 2 aromatic carbocycles. The number of carbonyl (C=O) groups excluding carboxylic acids is 3. The van der Waals surface area contributed by atoms with Gasteiger partial charge in [0.05, 0.1) is 24.1 Å². The van der Waals surface area contributed by atoms with Gasteiger partial charge in [-0.05, 0) is 50.1 Å². The normalized spacial score (nSPS) is 21.8. The molecular formula is C25H30N4O5. The van der Waals surface area contributed by atoms with Crippen LogP contribution in [0.4, 0.5) is 16.2 Å². The Kier molecular flexibility index (Phi) is 7.32. The van der Waals surface area contributed by atoms with Crippen molar-refractivity contribution in [2.24, 2.45) is 0 Å². The summed E-state index contributed by atoms with van der Waals surface area (Å²) in [6.07, 6.45) is 0.998. The van der Waals surface area contributed by atoms with E-state index in [0.29, 0.717) is 36.4 Å². The molecule has 2 aliphatic rings. The summed E-state index contributed by atoms with van der Waals surface area (Å²) in [5, 5.41) is 8.28. The fourth-order valence-electron chi connectivity index (χ4n) is 4.38. The third-order valence-electron chi connectivity index (χ3n) is 6.08. The van der Waals surface area contributed by atoms with Gasteiger partial charge in [0, 0.05) is 25.0 Å². The van der Waals surface area contributed by atoms with Gasteiger partial charge in [0.25, 0.3) is 5.91 Å². The highest BCUT2D eigenvalue weighted by atomic mass is 16.5. The average Bonchev–Trinajstić information content (AvgIpc) is 2.82. The van der Waals surface area contributed by atoms with E-state index in [2.05, 4.69) is 16.0 Å². The largest absolute Gasteiger partial charge is 0.490 e. The molecule has 3 atom stereocenters. The zero-order chi connectivity index (χ0) is 24.1. The summed E-state index contributed by atoms with van der Waals surface area (Å²) in [5.74, 6) is 0.126. The third kappa shape index (κ3) is 5.48. The molecule has 9 heteroatoms. The van der Waals surface area contributed by atoms with Gasteiger partial charge in [-0.3, -0.25) is 9.59 Å². The number of benzene rings is 2. The molecule has 2 aromatic rings. The lowest BCUT2D eigenvalue weighted by Gasteiger charge is -2.42. The second kappa shape index (κ2) is 10.6. The van der Waals surface area contributed by atoms with Gasteiger partial charge < -0.3 is 30.3 Å². The number of urea groups is 1. The number of carbonyl (C=O) groups is 3. The van der Waals surface area contributed by atoms with Crippen molar-refractivity contribution in [3.63, 3.8) is 0 Å². The van der Waals surface area contributed by atoms with E-state index < -0.39 is 0 Å². The minimum Gasteiger partial charge on any atom is -0.490 e. The van der Waals surface area contributed by atoms with Crippen molar-refractivity contribution >= 4 is 29.2 Å². The molecule has 0 saturated carbocycles. The molecular weight excluding hydrogens is 436 g/mol. The van der Waals surface area contributed by atoms with Crippen molar-refractivity contribution in [1.82, 2.24) is 10.2 Å². The lowest BCUT2D eigenvalue weighted by atomic mass is 9.94. The van der Waals surface area contributed by atoms with Gasteiger partial charge in [-0.1, -0.05) is 18.2 Å². The fourth-order valence-corrected chi connectivity index (χ4v) is 4.38. The number of para-hydroxylation sites is 1. The van der Waals surface area contributed by atoms with Crippen LogP contribution < -0.4 is 20.7 Å². The summed E-state index contributed by atoms with van der Waals surface area (Å²) in [6, 6.07) is 13.8.